The first-order chi connectivity index (χ1) is 11.2. The van der Waals surface area contributed by atoms with Crippen molar-refractivity contribution in [2.45, 2.75) is 57.9 Å². The van der Waals surface area contributed by atoms with Gasteiger partial charge in [-0.1, -0.05) is 31.5 Å². The van der Waals surface area contributed by atoms with Gasteiger partial charge in [-0.15, -0.1) is 0 Å². The molecule has 1 aromatic rings. The number of nitrogens with one attached hydrogen (secondary N) is 1. The number of amides is 1. The third kappa shape index (κ3) is 5.94. The van der Waals surface area contributed by atoms with Crippen LogP contribution < -0.4 is 5.32 Å². The van der Waals surface area contributed by atoms with E-state index in [1.165, 1.54) is 38.3 Å². The van der Waals surface area contributed by atoms with E-state index in [2.05, 4.69) is 17.1 Å². The van der Waals surface area contributed by atoms with Gasteiger partial charge in [0.1, 0.15) is 5.82 Å². The van der Waals surface area contributed by atoms with Crippen LogP contribution in [-0.4, -0.2) is 36.5 Å². The fraction of sp³-hybridized carbons (Fsp3) is 0.632. The summed E-state index contributed by atoms with van der Waals surface area (Å²) in [6, 6.07) is 7.38. The van der Waals surface area contributed by atoms with Crippen molar-refractivity contribution >= 4 is 5.91 Å². The Hall–Kier alpha value is -1.42. The number of hydrogen-bond donors (Lipinski definition) is 1. The zero-order valence-corrected chi connectivity index (χ0v) is 14.2. The number of nitrogens with zero attached hydrogens (tertiary/aromatic N) is 1. The fourth-order valence-electron chi connectivity index (χ4n) is 3.36. The van der Waals surface area contributed by atoms with Gasteiger partial charge in [0.15, 0.2) is 0 Å². The Morgan fingerprint density at radius 2 is 2.17 bits per heavy atom. The maximum atomic E-state index is 13.5. The highest BCUT2D eigenvalue weighted by Gasteiger charge is 2.19. The largest absolute Gasteiger partial charge is 0.356 e. The van der Waals surface area contributed by atoms with Crippen molar-refractivity contribution in [3.8, 4) is 0 Å². The molecule has 2 rings (SSSR count). The highest BCUT2D eigenvalue weighted by molar-refractivity contribution is 5.76. The van der Waals surface area contributed by atoms with Gasteiger partial charge in [0.25, 0.3) is 0 Å². The normalized spacial score (nSPS) is 18.8. The molecule has 0 saturated carbocycles. The predicted molar refractivity (Wildman–Crippen MR) is 91.9 cm³/mol. The van der Waals surface area contributed by atoms with Gasteiger partial charge in [0.2, 0.25) is 5.91 Å². The maximum absolute atomic E-state index is 13.5. The fourth-order valence-corrected chi connectivity index (χ4v) is 3.36. The lowest BCUT2D eigenvalue weighted by atomic mass is 10.00. The van der Waals surface area contributed by atoms with Crippen molar-refractivity contribution in [3.63, 3.8) is 0 Å². The lowest BCUT2D eigenvalue weighted by molar-refractivity contribution is -0.121. The Labute approximate surface area is 139 Å². The summed E-state index contributed by atoms with van der Waals surface area (Å²) in [6.07, 6.45) is 6.97. The number of hydrogen-bond acceptors (Lipinski definition) is 2. The van der Waals surface area contributed by atoms with Gasteiger partial charge in [0.05, 0.1) is 0 Å². The zero-order valence-electron chi connectivity index (χ0n) is 14.2. The second-order valence-electron chi connectivity index (χ2n) is 6.39. The molecule has 0 radical (unpaired) electrons. The van der Waals surface area contributed by atoms with E-state index in [0.29, 0.717) is 24.9 Å². The first-order valence-corrected chi connectivity index (χ1v) is 8.95. The average molecular weight is 320 g/mol. The summed E-state index contributed by atoms with van der Waals surface area (Å²) in [6.45, 7) is 5.22. The van der Waals surface area contributed by atoms with E-state index in [1.54, 1.807) is 18.2 Å². The molecule has 4 heteroatoms. The SMILES string of the molecule is CCC1CCCCN1CCCNC(=O)CCc1ccccc1F. The summed E-state index contributed by atoms with van der Waals surface area (Å²) in [5.41, 5.74) is 0.613. The maximum Gasteiger partial charge on any atom is 0.220 e. The molecule has 1 N–H and O–H groups in total. The van der Waals surface area contributed by atoms with E-state index < -0.39 is 0 Å². The average Bonchev–Trinajstić information content (AvgIpc) is 2.58. The van der Waals surface area contributed by atoms with Crippen LogP contribution in [0.25, 0.3) is 0 Å². The van der Waals surface area contributed by atoms with E-state index in [1.807, 2.05) is 0 Å². The third-order valence-electron chi connectivity index (χ3n) is 4.74. The monoisotopic (exact) mass is 320 g/mol. The molecule has 0 aromatic heterocycles. The first kappa shape index (κ1) is 17.9. The van der Waals surface area contributed by atoms with Gasteiger partial charge in [0, 0.05) is 25.6 Å². The van der Waals surface area contributed by atoms with Crippen LogP contribution >= 0.6 is 0 Å². The Bertz CT molecular complexity index is 492. The highest BCUT2D eigenvalue weighted by atomic mass is 19.1. The van der Waals surface area contributed by atoms with Gasteiger partial charge in [-0.05, 0) is 50.3 Å². The lowest BCUT2D eigenvalue weighted by Gasteiger charge is -2.35. The molecule has 0 aliphatic carbocycles. The molecule has 23 heavy (non-hydrogen) atoms. The van der Waals surface area contributed by atoms with Crippen LogP contribution in [0.3, 0.4) is 0 Å². The lowest BCUT2D eigenvalue weighted by Crippen LogP contribution is -2.40. The van der Waals surface area contributed by atoms with E-state index in [4.69, 9.17) is 0 Å². The Morgan fingerprint density at radius 3 is 2.96 bits per heavy atom. The minimum Gasteiger partial charge on any atom is -0.356 e. The molecule has 128 valence electrons. The number of carbonyl (C=O) groups excluding carboxylic acids is 1. The van der Waals surface area contributed by atoms with Crippen molar-refractivity contribution in [3.05, 3.63) is 35.6 Å². The number of rotatable bonds is 8. The van der Waals surface area contributed by atoms with Crippen LogP contribution in [0.2, 0.25) is 0 Å². The Balaban J connectivity index is 1.60. The van der Waals surface area contributed by atoms with Crippen molar-refractivity contribution in [1.82, 2.24) is 10.2 Å². The van der Waals surface area contributed by atoms with Gasteiger partial charge in [-0.2, -0.15) is 0 Å². The molecule has 1 atom stereocenters. The van der Waals surface area contributed by atoms with E-state index in [9.17, 15) is 9.18 Å². The van der Waals surface area contributed by atoms with Crippen molar-refractivity contribution in [2.75, 3.05) is 19.6 Å². The smallest absolute Gasteiger partial charge is 0.220 e. The van der Waals surface area contributed by atoms with Crippen molar-refractivity contribution < 1.29 is 9.18 Å². The number of halogens is 1. The molecule has 1 aromatic carbocycles. The second-order valence-corrected chi connectivity index (χ2v) is 6.39. The molecule has 1 fully saturated rings. The van der Waals surface area contributed by atoms with Crippen LogP contribution in [0.5, 0.6) is 0 Å². The van der Waals surface area contributed by atoms with Crippen LogP contribution in [0.4, 0.5) is 4.39 Å². The molecule has 1 amide bonds. The summed E-state index contributed by atoms with van der Waals surface area (Å²) in [5.74, 6) is -0.213. The van der Waals surface area contributed by atoms with Gasteiger partial charge < -0.3 is 10.2 Å². The summed E-state index contributed by atoms with van der Waals surface area (Å²) in [5, 5.41) is 2.96. The summed E-state index contributed by atoms with van der Waals surface area (Å²) in [4.78, 5) is 14.4. The Morgan fingerprint density at radius 1 is 1.35 bits per heavy atom. The summed E-state index contributed by atoms with van der Waals surface area (Å²) < 4.78 is 13.5. The molecule has 1 unspecified atom stereocenters. The molecule has 0 bridgehead atoms. The standard InChI is InChI=1S/C19H29FN2O/c1-2-17-9-5-6-14-22(17)15-7-13-21-19(23)12-11-16-8-3-4-10-18(16)20/h3-4,8,10,17H,2,5-7,9,11-15H2,1H3,(H,21,23). The van der Waals surface area contributed by atoms with Gasteiger partial charge in [-0.25, -0.2) is 4.39 Å². The Kier molecular flexibility index (Phi) is 7.53. The number of carbonyl (C=O) groups is 1. The number of likely N-dealkylation sites (tertiary alicyclic amines) is 1. The minimum atomic E-state index is -0.226. The van der Waals surface area contributed by atoms with Crippen molar-refractivity contribution in [1.29, 1.82) is 0 Å². The van der Waals surface area contributed by atoms with E-state index >= 15 is 0 Å². The zero-order chi connectivity index (χ0) is 16.5. The molecule has 1 heterocycles. The highest BCUT2D eigenvalue weighted by Crippen LogP contribution is 2.19. The van der Waals surface area contributed by atoms with Crippen LogP contribution in [0, 0.1) is 5.82 Å². The molecular formula is C19H29FN2O. The summed E-state index contributed by atoms with van der Waals surface area (Å²) in [7, 11) is 0. The van der Waals surface area contributed by atoms with E-state index in [-0.39, 0.29) is 11.7 Å². The quantitative estimate of drug-likeness (QED) is 0.743. The molecule has 1 aliphatic heterocycles. The second kappa shape index (κ2) is 9.66. The molecule has 3 nitrogen and oxygen atoms in total. The number of benzene rings is 1. The minimum absolute atomic E-state index is 0.0129. The van der Waals surface area contributed by atoms with E-state index in [0.717, 1.165) is 19.0 Å². The predicted octanol–water partition coefficient (Wildman–Crippen LogP) is 3.53. The van der Waals surface area contributed by atoms with Crippen LogP contribution in [0.1, 0.15) is 51.0 Å². The third-order valence-corrected chi connectivity index (χ3v) is 4.74. The molecule has 1 aliphatic rings. The first-order valence-electron chi connectivity index (χ1n) is 8.95. The van der Waals surface area contributed by atoms with Crippen LogP contribution in [0.15, 0.2) is 24.3 Å². The number of piperidine rings is 1. The molecular weight excluding hydrogens is 291 g/mol. The van der Waals surface area contributed by atoms with Crippen LogP contribution in [-0.2, 0) is 11.2 Å². The molecule has 0 spiro atoms. The summed E-state index contributed by atoms with van der Waals surface area (Å²) >= 11 is 0. The topological polar surface area (TPSA) is 32.3 Å². The van der Waals surface area contributed by atoms with Gasteiger partial charge >= 0.3 is 0 Å². The van der Waals surface area contributed by atoms with Crippen molar-refractivity contribution in [2.24, 2.45) is 0 Å². The molecule has 1 saturated heterocycles. The number of aryl methyl sites for hydroxylation is 1. The van der Waals surface area contributed by atoms with Gasteiger partial charge in [-0.3, -0.25) is 4.79 Å².